The smallest absolute Gasteiger partial charge is 0.346 e. The summed E-state index contributed by atoms with van der Waals surface area (Å²) in [5.41, 5.74) is 4.12. The summed E-state index contributed by atoms with van der Waals surface area (Å²) < 4.78 is 23.9. The van der Waals surface area contributed by atoms with Gasteiger partial charge in [-0.15, -0.1) is 22.7 Å². The molecule has 5 heterocycles. The molecule has 0 bridgehead atoms. The predicted octanol–water partition coefficient (Wildman–Crippen LogP) is 8.04. The molecule has 0 amide bonds. The number of benzene rings is 3. The first-order chi connectivity index (χ1) is 25.3. The minimum atomic E-state index is -1.33. The molecule has 0 saturated heterocycles. The van der Waals surface area contributed by atoms with Gasteiger partial charge in [0.2, 0.25) is 0 Å². The SMILES string of the molecule is N#C/C(=C\c1sc(-c2ccc3nc4ccc(-c5sc(/C=C(\C#N)C(=O)O)c6c5OCCO6)cc4c(-c4ccccc4)c3c2)c2c1OCCO2)C(=O)O. The summed E-state index contributed by atoms with van der Waals surface area (Å²) in [4.78, 5) is 30.7. The number of aliphatic carboxylic acids is 2. The lowest BCUT2D eigenvalue weighted by Crippen LogP contribution is -2.15. The van der Waals surface area contributed by atoms with Gasteiger partial charge in [-0.3, -0.25) is 0 Å². The van der Waals surface area contributed by atoms with E-state index in [-0.39, 0.29) is 13.2 Å². The van der Waals surface area contributed by atoms with Crippen LogP contribution in [0.5, 0.6) is 23.0 Å². The molecule has 254 valence electrons. The number of pyridine rings is 1. The summed E-state index contributed by atoms with van der Waals surface area (Å²) in [5, 5.41) is 39.6. The second-order valence-corrected chi connectivity index (χ2v) is 13.7. The van der Waals surface area contributed by atoms with E-state index in [2.05, 4.69) is 0 Å². The molecular weight excluding hydrogens is 703 g/mol. The van der Waals surface area contributed by atoms with Crippen molar-refractivity contribution in [1.29, 1.82) is 10.5 Å². The quantitative estimate of drug-likeness (QED) is 0.0927. The van der Waals surface area contributed by atoms with Crippen molar-refractivity contribution in [3.63, 3.8) is 0 Å². The predicted molar refractivity (Wildman–Crippen MR) is 196 cm³/mol. The second-order valence-electron chi connectivity index (χ2n) is 11.6. The van der Waals surface area contributed by atoms with E-state index in [4.69, 9.17) is 23.9 Å². The zero-order chi connectivity index (χ0) is 35.9. The molecule has 8 rings (SSSR count). The number of rotatable bonds is 7. The molecule has 2 aliphatic rings. The zero-order valence-corrected chi connectivity index (χ0v) is 28.5. The summed E-state index contributed by atoms with van der Waals surface area (Å²) in [6, 6.07) is 25.2. The number of aromatic nitrogens is 1. The number of carboxylic acids is 2. The third-order valence-electron chi connectivity index (χ3n) is 8.46. The molecule has 0 saturated carbocycles. The van der Waals surface area contributed by atoms with Crippen LogP contribution in [0.25, 0.3) is 66.0 Å². The van der Waals surface area contributed by atoms with Crippen LogP contribution in [0.2, 0.25) is 0 Å². The molecule has 3 aromatic carbocycles. The molecule has 3 aromatic heterocycles. The highest BCUT2D eigenvalue weighted by molar-refractivity contribution is 7.17. The average molecular weight is 726 g/mol. The number of hydrogen-bond donors (Lipinski definition) is 2. The first-order valence-electron chi connectivity index (χ1n) is 15.8. The standard InChI is InChI=1S/C39H23N3O8S2/c40-18-23(38(43)44)16-29-32-34(49-12-10-47-32)36(51-29)21-6-8-27-25(14-21)31(20-4-2-1-3-5-20)26-15-22(7-9-28(26)42-27)37-35-33(48-11-13-50-35)30(52-37)17-24(19-41)39(45)46/h1-9,14-17H,10-13H2,(H,43,44)(H,45,46)/b23-16+,24-17+. The maximum absolute atomic E-state index is 11.7. The topological polar surface area (TPSA) is 172 Å². The van der Waals surface area contributed by atoms with E-state index < -0.39 is 23.1 Å². The molecule has 2 aliphatic heterocycles. The van der Waals surface area contributed by atoms with E-state index in [0.717, 1.165) is 53.8 Å². The summed E-state index contributed by atoms with van der Waals surface area (Å²) >= 11 is 2.56. The highest BCUT2D eigenvalue weighted by atomic mass is 32.1. The van der Waals surface area contributed by atoms with Crippen molar-refractivity contribution in [3.05, 3.63) is 87.6 Å². The molecule has 13 heteroatoms. The summed E-state index contributed by atoms with van der Waals surface area (Å²) in [7, 11) is 0. The Morgan fingerprint density at radius 1 is 0.635 bits per heavy atom. The van der Waals surface area contributed by atoms with Crippen molar-refractivity contribution >= 4 is 68.6 Å². The van der Waals surface area contributed by atoms with Crippen LogP contribution in [0.3, 0.4) is 0 Å². The fraction of sp³-hybridized carbons (Fsp3) is 0.103. The van der Waals surface area contributed by atoms with Gasteiger partial charge in [0.15, 0.2) is 23.0 Å². The first-order valence-corrected chi connectivity index (χ1v) is 17.5. The van der Waals surface area contributed by atoms with Gasteiger partial charge < -0.3 is 29.2 Å². The third-order valence-corrected chi connectivity index (χ3v) is 10.8. The van der Waals surface area contributed by atoms with E-state index >= 15 is 0 Å². The fourth-order valence-corrected chi connectivity index (χ4v) is 8.46. The monoisotopic (exact) mass is 725 g/mol. The lowest BCUT2D eigenvalue weighted by molar-refractivity contribution is -0.133. The van der Waals surface area contributed by atoms with Crippen molar-refractivity contribution in [2.24, 2.45) is 0 Å². The molecule has 0 unspecified atom stereocenters. The van der Waals surface area contributed by atoms with Gasteiger partial charge in [0, 0.05) is 16.3 Å². The lowest BCUT2D eigenvalue weighted by Gasteiger charge is -2.18. The zero-order valence-electron chi connectivity index (χ0n) is 26.8. The Kier molecular flexibility index (Phi) is 8.27. The van der Waals surface area contributed by atoms with Gasteiger partial charge in [0.1, 0.15) is 49.7 Å². The maximum atomic E-state index is 11.7. The van der Waals surface area contributed by atoms with Crippen LogP contribution in [-0.4, -0.2) is 53.6 Å². The van der Waals surface area contributed by atoms with Crippen LogP contribution in [0, 0.1) is 22.7 Å². The van der Waals surface area contributed by atoms with Gasteiger partial charge in [-0.1, -0.05) is 42.5 Å². The molecule has 0 atom stereocenters. The molecule has 2 N–H and O–H groups in total. The minimum absolute atomic E-state index is 0.286. The Labute approximate surface area is 303 Å². The van der Waals surface area contributed by atoms with Crippen LogP contribution in [0.15, 0.2) is 77.9 Å². The van der Waals surface area contributed by atoms with Crippen LogP contribution >= 0.6 is 22.7 Å². The van der Waals surface area contributed by atoms with E-state index in [1.54, 1.807) is 12.1 Å². The molecule has 0 aliphatic carbocycles. The normalized spacial score (nSPS) is 13.8. The van der Waals surface area contributed by atoms with E-state index in [9.17, 15) is 30.3 Å². The number of thiophene rings is 2. The second kappa shape index (κ2) is 13.2. The molecule has 11 nitrogen and oxygen atoms in total. The van der Waals surface area contributed by atoms with E-state index in [1.807, 2.05) is 66.7 Å². The van der Waals surface area contributed by atoms with Crippen molar-refractivity contribution < 1.29 is 38.7 Å². The third kappa shape index (κ3) is 5.64. The van der Waals surface area contributed by atoms with Gasteiger partial charge in [-0.05, 0) is 53.1 Å². The van der Waals surface area contributed by atoms with Gasteiger partial charge >= 0.3 is 11.9 Å². The van der Waals surface area contributed by atoms with E-state index in [0.29, 0.717) is 46.0 Å². The Morgan fingerprint density at radius 2 is 1.08 bits per heavy atom. The number of carbonyl (C=O) groups is 2. The number of ether oxygens (including phenoxy) is 4. The Hall–Kier alpha value is -6.67. The first kappa shape index (κ1) is 32.5. The summed E-state index contributed by atoms with van der Waals surface area (Å²) in [6.07, 6.45) is 2.61. The van der Waals surface area contributed by atoms with Crippen LogP contribution in [0.1, 0.15) is 9.75 Å². The Balaban J connectivity index is 1.35. The average Bonchev–Trinajstić information content (AvgIpc) is 3.73. The number of fused-ring (bicyclic) bond motifs is 4. The molecular formula is C39H23N3O8S2. The number of hydrogen-bond acceptors (Lipinski definition) is 11. The van der Waals surface area contributed by atoms with E-state index in [1.165, 1.54) is 34.8 Å². The largest absolute Gasteiger partial charge is 0.485 e. The molecule has 0 radical (unpaired) electrons. The van der Waals surface area contributed by atoms with Crippen molar-refractivity contribution in [2.75, 3.05) is 26.4 Å². The minimum Gasteiger partial charge on any atom is -0.485 e. The van der Waals surface area contributed by atoms with Crippen molar-refractivity contribution in [2.45, 2.75) is 0 Å². The van der Waals surface area contributed by atoms with Gasteiger partial charge in [-0.2, -0.15) is 10.5 Å². The van der Waals surface area contributed by atoms with Crippen LogP contribution in [-0.2, 0) is 9.59 Å². The van der Waals surface area contributed by atoms with Gasteiger partial charge in [-0.25, -0.2) is 14.6 Å². The molecule has 52 heavy (non-hydrogen) atoms. The summed E-state index contributed by atoms with van der Waals surface area (Å²) in [5.74, 6) is -0.900. The number of nitriles is 2. The van der Waals surface area contributed by atoms with Crippen LogP contribution in [0.4, 0.5) is 0 Å². The Morgan fingerprint density at radius 3 is 1.50 bits per heavy atom. The fourth-order valence-electron chi connectivity index (χ4n) is 6.20. The highest BCUT2D eigenvalue weighted by Gasteiger charge is 2.28. The van der Waals surface area contributed by atoms with Gasteiger partial charge in [0.05, 0.1) is 30.5 Å². The van der Waals surface area contributed by atoms with Crippen molar-refractivity contribution in [1.82, 2.24) is 4.98 Å². The maximum Gasteiger partial charge on any atom is 0.346 e. The van der Waals surface area contributed by atoms with Crippen LogP contribution < -0.4 is 18.9 Å². The number of carboxylic acid groups (broad SMARTS) is 2. The molecule has 0 spiro atoms. The van der Waals surface area contributed by atoms with Gasteiger partial charge in [0.25, 0.3) is 0 Å². The Bertz CT molecular complexity index is 2470. The molecule has 6 aromatic rings. The van der Waals surface area contributed by atoms with Crippen molar-refractivity contribution in [3.8, 4) is 67.1 Å². The highest BCUT2D eigenvalue weighted by Crippen LogP contribution is 2.53. The lowest BCUT2D eigenvalue weighted by atomic mass is 9.93. The molecule has 0 fully saturated rings. The number of nitrogens with zero attached hydrogens (tertiary/aromatic N) is 3. The summed E-state index contributed by atoms with van der Waals surface area (Å²) in [6.45, 7) is 1.20.